The summed E-state index contributed by atoms with van der Waals surface area (Å²) < 4.78 is 8.27. The van der Waals surface area contributed by atoms with Crippen LogP contribution in [0, 0.1) is 0 Å². The van der Waals surface area contributed by atoms with E-state index in [-0.39, 0.29) is 5.91 Å². The molecule has 0 saturated carbocycles. The Kier molecular flexibility index (Phi) is 8.35. The number of carbonyl (C=O) groups excluding carboxylic acids is 1. The van der Waals surface area contributed by atoms with Crippen molar-refractivity contribution in [1.82, 2.24) is 14.4 Å². The first-order valence-electron chi connectivity index (χ1n) is 16.2. The summed E-state index contributed by atoms with van der Waals surface area (Å²) in [4.78, 5) is 21.6. The summed E-state index contributed by atoms with van der Waals surface area (Å²) in [7, 11) is 1.64. The van der Waals surface area contributed by atoms with E-state index in [1.807, 2.05) is 23.1 Å². The number of aromatic nitrogens is 1. The number of methoxy groups -OCH3 is 1. The minimum Gasteiger partial charge on any atom is -0.496 e. The Bertz CT molecular complexity index is 1520. The van der Waals surface area contributed by atoms with Crippen molar-refractivity contribution in [2.75, 3.05) is 38.2 Å². The minimum atomic E-state index is -0.0863. The van der Waals surface area contributed by atoms with Crippen molar-refractivity contribution in [2.45, 2.75) is 77.0 Å². The maximum absolute atomic E-state index is 14.4. The number of hydrogen-bond acceptors (Lipinski definition) is 4. The van der Waals surface area contributed by atoms with Crippen molar-refractivity contribution in [3.63, 3.8) is 0 Å². The lowest BCUT2D eigenvalue weighted by Crippen LogP contribution is -2.39. The molecule has 2 fully saturated rings. The monoisotopic (exact) mass is 598 g/mol. The van der Waals surface area contributed by atoms with E-state index < -0.39 is 0 Å². The van der Waals surface area contributed by atoms with Gasteiger partial charge in [0.15, 0.2) is 0 Å². The number of nitrogens with zero attached hydrogens (tertiary/aromatic N) is 4. The highest BCUT2D eigenvalue weighted by Crippen LogP contribution is 2.38. The quantitative estimate of drug-likeness (QED) is 0.285. The second kappa shape index (κ2) is 12.5. The van der Waals surface area contributed by atoms with E-state index in [9.17, 15) is 4.79 Å². The normalized spacial score (nSPS) is 20.9. The van der Waals surface area contributed by atoms with Gasteiger partial charge in [-0.15, -0.1) is 0 Å². The smallest absolute Gasteiger partial charge is 0.262 e. The standard InChI is InChI=1S/C36H43ClN4O2/c1-43-35-21-31(26-10-3-2-4-11-26)33(37)20-32(35)36(42)41-25-30-16-15-29(40(30)22-27-12-5-6-14-34(27)41)24-39-19-9-13-28(39)23-38-17-7-8-18-38/h5-6,10,12,14-16,20-21,28H,2-4,7-9,11,13,17-19,22-25H2,1H3/t28-/m0/s1. The third-order valence-electron chi connectivity index (χ3n) is 10.0. The number of anilines is 1. The van der Waals surface area contributed by atoms with E-state index in [1.165, 1.54) is 63.0 Å². The van der Waals surface area contributed by atoms with Gasteiger partial charge >= 0.3 is 0 Å². The Morgan fingerprint density at radius 1 is 0.977 bits per heavy atom. The Labute approximate surface area is 260 Å². The highest BCUT2D eigenvalue weighted by molar-refractivity contribution is 6.33. The summed E-state index contributed by atoms with van der Waals surface area (Å²) in [6.07, 6.45) is 12.0. The van der Waals surface area contributed by atoms with Gasteiger partial charge < -0.3 is 19.1 Å². The summed E-state index contributed by atoms with van der Waals surface area (Å²) in [5.41, 5.74) is 7.32. The number of likely N-dealkylation sites (tertiary alicyclic amines) is 2. The number of ether oxygens (including phenoxy) is 1. The molecule has 1 amide bonds. The molecule has 4 heterocycles. The van der Waals surface area contributed by atoms with E-state index in [0.29, 0.717) is 28.9 Å². The van der Waals surface area contributed by atoms with Gasteiger partial charge in [0.1, 0.15) is 5.75 Å². The molecule has 3 aliphatic heterocycles. The highest BCUT2D eigenvalue weighted by Gasteiger charge is 2.31. The number of hydrogen-bond donors (Lipinski definition) is 0. The molecule has 2 saturated heterocycles. The predicted molar refractivity (Wildman–Crippen MR) is 174 cm³/mol. The zero-order chi connectivity index (χ0) is 29.3. The maximum Gasteiger partial charge on any atom is 0.262 e. The molecular weight excluding hydrogens is 556 g/mol. The molecule has 1 atom stereocenters. The first kappa shape index (κ1) is 28.7. The van der Waals surface area contributed by atoms with Gasteiger partial charge in [0.05, 0.1) is 19.2 Å². The Morgan fingerprint density at radius 3 is 2.65 bits per heavy atom. The second-order valence-electron chi connectivity index (χ2n) is 12.7. The molecule has 0 radical (unpaired) electrons. The molecule has 43 heavy (non-hydrogen) atoms. The van der Waals surface area contributed by atoms with E-state index in [0.717, 1.165) is 61.4 Å². The summed E-state index contributed by atoms with van der Waals surface area (Å²) in [6, 6.07) is 17.2. The molecule has 4 aliphatic rings. The van der Waals surface area contributed by atoms with Crippen LogP contribution in [0.5, 0.6) is 5.75 Å². The lowest BCUT2D eigenvalue weighted by molar-refractivity contribution is 0.0982. The molecule has 0 bridgehead atoms. The molecule has 0 spiro atoms. The number of fused-ring (bicyclic) bond motifs is 2. The molecule has 226 valence electrons. The van der Waals surface area contributed by atoms with E-state index in [2.05, 4.69) is 50.8 Å². The Morgan fingerprint density at radius 2 is 1.84 bits per heavy atom. The lowest BCUT2D eigenvalue weighted by Gasteiger charge is -2.29. The van der Waals surface area contributed by atoms with Gasteiger partial charge in [0, 0.05) is 47.8 Å². The van der Waals surface area contributed by atoms with E-state index >= 15 is 0 Å². The van der Waals surface area contributed by atoms with Crippen LogP contribution in [0.25, 0.3) is 5.57 Å². The van der Waals surface area contributed by atoms with Crippen LogP contribution in [0.4, 0.5) is 5.69 Å². The second-order valence-corrected chi connectivity index (χ2v) is 13.1. The maximum atomic E-state index is 14.4. The van der Waals surface area contributed by atoms with Gasteiger partial charge in [-0.1, -0.05) is 35.9 Å². The summed E-state index contributed by atoms with van der Waals surface area (Å²) in [5, 5.41) is 0.611. The number of allylic oxidation sites excluding steroid dienone is 2. The average Bonchev–Trinajstić information content (AvgIpc) is 3.78. The van der Waals surface area contributed by atoms with Gasteiger partial charge in [-0.3, -0.25) is 9.69 Å². The van der Waals surface area contributed by atoms with Crippen LogP contribution in [-0.2, 0) is 19.6 Å². The van der Waals surface area contributed by atoms with Gasteiger partial charge in [-0.2, -0.15) is 0 Å². The summed E-state index contributed by atoms with van der Waals surface area (Å²) in [5.74, 6) is 0.489. The number of para-hydroxylation sites is 1. The average molecular weight is 599 g/mol. The van der Waals surface area contributed by atoms with Crippen molar-refractivity contribution in [3.05, 3.63) is 87.7 Å². The van der Waals surface area contributed by atoms with E-state index in [1.54, 1.807) is 7.11 Å². The number of carbonyl (C=O) groups is 1. The molecule has 0 unspecified atom stereocenters. The predicted octanol–water partition coefficient (Wildman–Crippen LogP) is 7.38. The van der Waals surface area contributed by atoms with Crippen molar-refractivity contribution in [2.24, 2.45) is 0 Å². The zero-order valence-electron chi connectivity index (χ0n) is 25.4. The Hall–Kier alpha value is -3.06. The number of amides is 1. The fourth-order valence-corrected chi connectivity index (χ4v) is 7.97. The van der Waals surface area contributed by atoms with Crippen LogP contribution in [0.15, 0.2) is 54.6 Å². The molecule has 1 aromatic heterocycles. The lowest BCUT2D eigenvalue weighted by atomic mass is 9.92. The first-order chi connectivity index (χ1) is 21.1. The van der Waals surface area contributed by atoms with Gasteiger partial charge in [-0.25, -0.2) is 0 Å². The topological polar surface area (TPSA) is 41.0 Å². The highest BCUT2D eigenvalue weighted by atomic mass is 35.5. The molecule has 7 rings (SSSR count). The van der Waals surface area contributed by atoms with Gasteiger partial charge in [0.2, 0.25) is 0 Å². The van der Waals surface area contributed by atoms with Crippen molar-refractivity contribution in [3.8, 4) is 5.75 Å². The number of rotatable bonds is 7. The summed E-state index contributed by atoms with van der Waals surface area (Å²) in [6.45, 7) is 7.07. The SMILES string of the molecule is COc1cc(C2=CCCCC2)c(Cl)cc1C(=O)N1Cc2ccc(CN3CCC[C@H]3CN3CCCC3)n2Cc2ccccc21. The largest absolute Gasteiger partial charge is 0.496 e. The van der Waals surface area contributed by atoms with Crippen LogP contribution < -0.4 is 9.64 Å². The van der Waals surface area contributed by atoms with Gasteiger partial charge in [0.25, 0.3) is 5.91 Å². The first-order valence-corrected chi connectivity index (χ1v) is 16.6. The third kappa shape index (κ3) is 5.77. The fourth-order valence-electron chi connectivity index (χ4n) is 7.69. The molecule has 7 heteroatoms. The van der Waals surface area contributed by atoms with Crippen molar-refractivity contribution < 1.29 is 9.53 Å². The van der Waals surface area contributed by atoms with Crippen LogP contribution in [-0.4, -0.2) is 59.6 Å². The summed E-state index contributed by atoms with van der Waals surface area (Å²) >= 11 is 6.86. The van der Waals surface area contributed by atoms with Crippen LogP contribution in [0.1, 0.15) is 84.2 Å². The van der Waals surface area contributed by atoms with Crippen LogP contribution in [0.3, 0.4) is 0 Å². The zero-order valence-corrected chi connectivity index (χ0v) is 26.1. The van der Waals surface area contributed by atoms with Crippen molar-refractivity contribution >= 4 is 28.8 Å². The van der Waals surface area contributed by atoms with Crippen LogP contribution in [0.2, 0.25) is 5.02 Å². The van der Waals surface area contributed by atoms with Crippen LogP contribution >= 0.6 is 11.6 Å². The minimum absolute atomic E-state index is 0.0863. The van der Waals surface area contributed by atoms with E-state index in [4.69, 9.17) is 16.3 Å². The third-order valence-corrected chi connectivity index (χ3v) is 10.3. The Balaban J connectivity index is 1.18. The number of halogens is 1. The van der Waals surface area contributed by atoms with Crippen molar-refractivity contribution in [1.29, 1.82) is 0 Å². The molecule has 3 aromatic rings. The number of benzene rings is 2. The van der Waals surface area contributed by atoms with Gasteiger partial charge in [-0.05, 0) is 118 Å². The fraction of sp³-hybridized carbons (Fsp3) is 0.472. The molecule has 6 nitrogen and oxygen atoms in total. The molecular formula is C36H43ClN4O2. The molecule has 0 N–H and O–H groups in total. The molecule has 1 aliphatic carbocycles. The molecule has 2 aromatic carbocycles.